The van der Waals surface area contributed by atoms with E-state index >= 15 is 0 Å². The highest BCUT2D eigenvalue weighted by atomic mass is 16.5. The van der Waals surface area contributed by atoms with Gasteiger partial charge in [0.25, 0.3) is 5.91 Å². The van der Waals surface area contributed by atoms with Gasteiger partial charge in [-0.2, -0.15) is 0 Å². The molecule has 5 heteroatoms. The highest BCUT2D eigenvalue weighted by molar-refractivity contribution is 6.01. The van der Waals surface area contributed by atoms with E-state index in [4.69, 9.17) is 15.2 Å². The normalized spacial score (nSPS) is 10.5. The second-order valence-electron chi connectivity index (χ2n) is 5.16. The first-order valence-electron chi connectivity index (χ1n) is 7.09. The number of nitrogens with zero attached hydrogens (tertiary/aromatic N) is 1. The van der Waals surface area contributed by atoms with E-state index in [1.54, 1.807) is 24.4 Å². The van der Waals surface area contributed by atoms with Gasteiger partial charge in [-0.1, -0.05) is 12.1 Å². The van der Waals surface area contributed by atoms with E-state index < -0.39 is 5.91 Å². The molecule has 5 nitrogen and oxygen atoms in total. The van der Waals surface area contributed by atoms with Crippen LogP contribution in [-0.2, 0) is 0 Å². The van der Waals surface area contributed by atoms with Crippen molar-refractivity contribution >= 4 is 16.8 Å². The van der Waals surface area contributed by atoms with Gasteiger partial charge in [0.05, 0.1) is 18.2 Å². The Kier molecular flexibility index (Phi) is 3.85. The average Bonchev–Trinajstić information content (AvgIpc) is 2.54. The van der Waals surface area contributed by atoms with Crippen molar-refractivity contribution in [2.45, 2.75) is 6.92 Å². The minimum absolute atomic E-state index is 0.294. The molecule has 0 saturated heterocycles. The molecule has 1 amide bonds. The number of aryl methyl sites for hydroxylation is 1. The molecule has 0 fully saturated rings. The van der Waals surface area contributed by atoms with Crippen LogP contribution in [0.3, 0.4) is 0 Å². The summed E-state index contributed by atoms with van der Waals surface area (Å²) in [7, 11) is 1.49. The Bertz CT molecular complexity index is 891. The molecule has 116 valence electrons. The zero-order valence-electron chi connectivity index (χ0n) is 12.9. The van der Waals surface area contributed by atoms with E-state index in [1.807, 2.05) is 31.2 Å². The third kappa shape index (κ3) is 2.94. The van der Waals surface area contributed by atoms with Crippen LogP contribution in [0.1, 0.15) is 15.9 Å². The Morgan fingerprint density at radius 1 is 1.13 bits per heavy atom. The van der Waals surface area contributed by atoms with E-state index in [0.29, 0.717) is 33.7 Å². The fraction of sp³-hybridized carbons (Fsp3) is 0.111. The van der Waals surface area contributed by atoms with Crippen molar-refractivity contribution in [2.75, 3.05) is 7.11 Å². The summed E-state index contributed by atoms with van der Waals surface area (Å²) in [5, 5.41) is 0.698. The molecular formula is C18H16N2O3. The maximum absolute atomic E-state index is 11.6. The third-order valence-corrected chi connectivity index (χ3v) is 3.51. The molecule has 2 N–H and O–H groups in total. The van der Waals surface area contributed by atoms with E-state index in [0.717, 1.165) is 5.56 Å². The number of ether oxygens (including phenoxy) is 2. The first-order valence-corrected chi connectivity index (χ1v) is 7.09. The number of methoxy groups -OCH3 is 1. The molecule has 23 heavy (non-hydrogen) atoms. The van der Waals surface area contributed by atoms with E-state index in [9.17, 15) is 4.79 Å². The lowest BCUT2D eigenvalue weighted by Crippen LogP contribution is -2.12. The van der Waals surface area contributed by atoms with Crippen molar-refractivity contribution in [2.24, 2.45) is 5.73 Å². The number of pyridine rings is 1. The number of carbonyl (C=O) groups excluding carboxylic acids is 1. The predicted molar refractivity (Wildman–Crippen MR) is 88.1 cm³/mol. The molecular weight excluding hydrogens is 292 g/mol. The maximum Gasteiger partial charge on any atom is 0.252 e. The molecule has 0 aliphatic heterocycles. The lowest BCUT2D eigenvalue weighted by molar-refractivity contribution is 0.0997. The molecule has 2 aromatic carbocycles. The van der Waals surface area contributed by atoms with Crippen LogP contribution < -0.4 is 15.2 Å². The second kappa shape index (κ2) is 5.96. The predicted octanol–water partition coefficient (Wildman–Crippen LogP) is 3.44. The van der Waals surface area contributed by atoms with Gasteiger partial charge in [-0.3, -0.25) is 9.78 Å². The lowest BCUT2D eigenvalue weighted by Gasteiger charge is -2.12. The lowest BCUT2D eigenvalue weighted by atomic mass is 10.1. The number of carbonyl (C=O) groups is 1. The van der Waals surface area contributed by atoms with Crippen molar-refractivity contribution in [3.8, 4) is 17.2 Å². The Morgan fingerprint density at radius 3 is 2.65 bits per heavy atom. The van der Waals surface area contributed by atoms with Crippen LogP contribution in [0.25, 0.3) is 10.9 Å². The number of nitrogens with two attached hydrogens (primary N) is 1. The van der Waals surface area contributed by atoms with Crippen LogP contribution in [0.4, 0.5) is 0 Å². The largest absolute Gasteiger partial charge is 0.496 e. The molecule has 3 rings (SSSR count). The number of hydrogen-bond donors (Lipinski definition) is 1. The van der Waals surface area contributed by atoms with Gasteiger partial charge in [-0.15, -0.1) is 0 Å². The van der Waals surface area contributed by atoms with Gasteiger partial charge < -0.3 is 15.2 Å². The summed E-state index contributed by atoms with van der Waals surface area (Å²) in [5.74, 6) is 1.15. The van der Waals surface area contributed by atoms with Gasteiger partial charge in [0.2, 0.25) is 0 Å². The van der Waals surface area contributed by atoms with Gasteiger partial charge in [0.15, 0.2) is 0 Å². The molecule has 0 aliphatic rings. The standard InChI is InChI=1S/C18H16N2O3/c1-11-4-3-5-12(8-11)23-16-6-7-20-15-10-17(22-2)14(18(19)21)9-13(15)16/h3-10H,1-2H3,(H2,19,21). The first kappa shape index (κ1) is 14.8. The van der Waals surface area contributed by atoms with Crippen LogP contribution >= 0.6 is 0 Å². The number of aromatic nitrogens is 1. The van der Waals surface area contributed by atoms with E-state index in [2.05, 4.69) is 4.98 Å². The number of hydrogen-bond acceptors (Lipinski definition) is 4. The summed E-state index contributed by atoms with van der Waals surface area (Å²) in [6, 6.07) is 12.8. The van der Waals surface area contributed by atoms with Crippen molar-refractivity contribution < 1.29 is 14.3 Å². The summed E-state index contributed by atoms with van der Waals surface area (Å²) in [6.45, 7) is 1.99. The number of rotatable bonds is 4. The second-order valence-corrected chi connectivity index (χ2v) is 5.16. The Morgan fingerprint density at radius 2 is 1.96 bits per heavy atom. The van der Waals surface area contributed by atoms with Crippen LogP contribution in [0.2, 0.25) is 0 Å². The third-order valence-electron chi connectivity index (χ3n) is 3.51. The fourth-order valence-electron chi connectivity index (χ4n) is 2.40. The monoisotopic (exact) mass is 308 g/mol. The number of fused-ring (bicyclic) bond motifs is 1. The summed E-state index contributed by atoms with van der Waals surface area (Å²) in [6.07, 6.45) is 1.65. The average molecular weight is 308 g/mol. The number of benzene rings is 2. The van der Waals surface area contributed by atoms with Gasteiger partial charge in [0.1, 0.15) is 17.2 Å². The van der Waals surface area contributed by atoms with Gasteiger partial charge in [-0.25, -0.2) is 0 Å². The molecule has 1 heterocycles. The zero-order valence-corrected chi connectivity index (χ0v) is 12.9. The van der Waals surface area contributed by atoms with Gasteiger partial charge in [-0.05, 0) is 36.8 Å². The number of amides is 1. The molecule has 0 unspecified atom stereocenters. The van der Waals surface area contributed by atoms with Crippen LogP contribution in [0, 0.1) is 6.92 Å². The molecule has 0 aliphatic carbocycles. The minimum Gasteiger partial charge on any atom is -0.496 e. The molecule has 0 bridgehead atoms. The molecule has 0 saturated carbocycles. The van der Waals surface area contributed by atoms with Gasteiger partial charge >= 0.3 is 0 Å². The van der Waals surface area contributed by atoms with Gasteiger partial charge in [0, 0.05) is 17.6 Å². The topological polar surface area (TPSA) is 74.4 Å². The summed E-state index contributed by atoms with van der Waals surface area (Å²) in [5.41, 5.74) is 7.48. The SMILES string of the molecule is COc1cc2nccc(Oc3cccc(C)c3)c2cc1C(N)=O. The van der Waals surface area contributed by atoms with E-state index in [-0.39, 0.29) is 0 Å². The van der Waals surface area contributed by atoms with Crippen molar-refractivity contribution in [1.29, 1.82) is 0 Å². The van der Waals surface area contributed by atoms with Crippen LogP contribution in [-0.4, -0.2) is 18.0 Å². The zero-order chi connectivity index (χ0) is 16.4. The number of primary amides is 1. The molecule has 0 radical (unpaired) electrons. The molecule has 0 spiro atoms. The highest BCUT2D eigenvalue weighted by Crippen LogP contribution is 2.33. The quantitative estimate of drug-likeness (QED) is 0.801. The first-order chi connectivity index (χ1) is 11.1. The summed E-state index contributed by atoms with van der Waals surface area (Å²) < 4.78 is 11.2. The molecule has 3 aromatic rings. The summed E-state index contributed by atoms with van der Waals surface area (Å²) >= 11 is 0. The van der Waals surface area contributed by atoms with Crippen LogP contribution in [0.5, 0.6) is 17.2 Å². The van der Waals surface area contributed by atoms with Crippen molar-refractivity contribution in [1.82, 2.24) is 4.98 Å². The molecule has 0 atom stereocenters. The smallest absolute Gasteiger partial charge is 0.252 e. The molecule has 1 aromatic heterocycles. The summed E-state index contributed by atoms with van der Waals surface area (Å²) in [4.78, 5) is 15.9. The van der Waals surface area contributed by atoms with Crippen LogP contribution in [0.15, 0.2) is 48.7 Å². The van der Waals surface area contributed by atoms with Crippen molar-refractivity contribution in [3.05, 3.63) is 59.8 Å². The maximum atomic E-state index is 11.6. The highest BCUT2D eigenvalue weighted by Gasteiger charge is 2.14. The Hall–Kier alpha value is -3.08. The Balaban J connectivity index is 2.13. The fourth-order valence-corrected chi connectivity index (χ4v) is 2.40. The Labute approximate surface area is 133 Å². The minimum atomic E-state index is -0.561. The van der Waals surface area contributed by atoms with Crippen molar-refractivity contribution in [3.63, 3.8) is 0 Å². The van der Waals surface area contributed by atoms with E-state index in [1.165, 1.54) is 7.11 Å².